The molecule has 2 nitrogen and oxygen atoms in total. The standard InChI is InChI=1S/C10H20O.C2H6.CH5N/c1-4-10(3)6-5-8(2)9(11)7-10;2*1-2/h8-9,11H,4-7H2,1-3H3;1-2H3;2H2,1H3. The molecule has 94 valence electrons. The summed E-state index contributed by atoms with van der Waals surface area (Å²) < 4.78 is 0. The van der Waals surface area contributed by atoms with Gasteiger partial charge in [-0.05, 0) is 37.6 Å². The summed E-state index contributed by atoms with van der Waals surface area (Å²) in [6.07, 6.45) is 4.66. The van der Waals surface area contributed by atoms with Gasteiger partial charge in [0.2, 0.25) is 0 Å². The minimum absolute atomic E-state index is 0.0475. The molecule has 3 atom stereocenters. The van der Waals surface area contributed by atoms with Gasteiger partial charge in [0.1, 0.15) is 0 Å². The van der Waals surface area contributed by atoms with E-state index in [4.69, 9.17) is 0 Å². The second-order valence-electron chi connectivity index (χ2n) is 4.45. The molecular formula is C13H31NO. The predicted octanol–water partition coefficient (Wildman–Crippen LogP) is 3.18. The van der Waals surface area contributed by atoms with Gasteiger partial charge in [-0.3, -0.25) is 0 Å². The van der Waals surface area contributed by atoms with Crippen molar-refractivity contribution < 1.29 is 5.11 Å². The van der Waals surface area contributed by atoms with Crippen molar-refractivity contribution >= 4 is 0 Å². The lowest BCUT2D eigenvalue weighted by molar-refractivity contribution is 0.0137. The molecule has 0 bridgehead atoms. The van der Waals surface area contributed by atoms with Gasteiger partial charge in [-0.15, -0.1) is 0 Å². The fourth-order valence-electron chi connectivity index (χ4n) is 1.90. The molecular weight excluding hydrogens is 186 g/mol. The van der Waals surface area contributed by atoms with E-state index in [9.17, 15) is 5.11 Å². The lowest BCUT2D eigenvalue weighted by Gasteiger charge is -2.38. The first-order valence-electron chi connectivity index (χ1n) is 6.33. The Balaban J connectivity index is 0. The molecule has 0 amide bonds. The van der Waals surface area contributed by atoms with Gasteiger partial charge in [0.25, 0.3) is 0 Å². The number of nitrogens with two attached hydrogens (primary N) is 1. The lowest BCUT2D eigenvalue weighted by atomic mass is 9.69. The molecule has 1 fully saturated rings. The van der Waals surface area contributed by atoms with Crippen molar-refractivity contribution in [3.63, 3.8) is 0 Å². The van der Waals surface area contributed by atoms with Gasteiger partial charge in [-0.25, -0.2) is 0 Å². The molecule has 1 saturated carbocycles. The third kappa shape index (κ3) is 6.16. The third-order valence-corrected chi connectivity index (χ3v) is 3.42. The summed E-state index contributed by atoms with van der Waals surface area (Å²) in [7, 11) is 1.50. The predicted molar refractivity (Wildman–Crippen MR) is 68.9 cm³/mol. The van der Waals surface area contributed by atoms with Crippen LogP contribution >= 0.6 is 0 Å². The van der Waals surface area contributed by atoms with Gasteiger partial charge in [0.05, 0.1) is 6.10 Å². The van der Waals surface area contributed by atoms with E-state index in [2.05, 4.69) is 26.5 Å². The average Bonchev–Trinajstić information content (AvgIpc) is 2.30. The fourth-order valence-corrected chi connectivity index (χ4v) is 1.90. The zero-order valence-corrected chi connectivity index (χ0v) is 11.5. The molecule has 1 aliphatic rings. The summed E-state index contributed by atoms with van der Waals surface area (Å²) in [5.74, 6) is 0.523. The van der Waals surface area contributed by atoms with E-state index in [1.165, 1.54) is 26.3 Å². The maximum absolute atomic E-state index is 9.64. The Hall–Kier alpha value is -0.0800. The highest BCUT2D eigenvalue weighted by Gasteiger charge is 2.33. The first-order chi connectivity index (χ1) is 7.07. The maximum atomic E-state index is 9.64. The van der Waals surface area contributed by atoms with Crippen molar-refractivity contribution in [1.82, 2.24) is 0 Å². The van der Waals surface area contributed by atoms with Crippen molar-refractivity contribution in [3.05, 3.63) is 0 Å². The van der Waals surface area contributed by atoms with Crippen molar-refractivity contribution in [3.8, 4) is 0 Å². The van der Waals surface area contributed by atoms with Crippen molar-refractivity contribution in [2.24, 2.45) is 17.1 Å². The highest BCUT2D eigenvalue weighted by atomic mass is 16.3. The molecule has 1 rings (SSSR count). The first kappa shape index (κ1) is 17.3. The number of aliphatic hydroxyl groups is 1. The molecule has 1 aliphatic carbocycles. The Labute approximate surface area is 96.3 Å². The minimum atomic E-state index is -0.0475. The number of hydrogen-bond acceptors (Lipinski definition) is 2. The Morgan fingerprint density at radius 1 is 1.33 bits per heavy atom. The van der Waals surface area contributed by atoms with E-state index in [1.807, 2.05) is 13.8 Å². The molecule has 0 aromatic heterocycles. The highest BCUT2D eigenvalue weighted by Crippen LogP contribution is 2.40. The third-order valence-electron chi connectivity index (χ3n) is 3.42. The number of hydrogen-bond donors (Lipinski definition) is 2. The zero-order valence-electron chi connectivity index (χ0n) is 11.5. The van der Waals surface area contributed by atoms with Crippen LogP contribution in [0.25, 0.3) is 0 Å². The highest BCUT2D eigenvalue weighted by molar-refractivity contribution is 4.84. The van der Waals surface area contributed by atoms with Crippen molar-refractivity contribution in [1.29, 1.82) is 0 Å². The van der Waals surface area contributed by atoms with Gasteiger partial charge >= 0.3 is 0 Å². The van der Waals surface area contributed by atoms with Crippen LogP contribution in [0.15, 0.2) is 0 Å². The quantitative estimate of drug-likeness (QED) is 0.708. The van der Waals surface area contributed by atoms with Crippen LogP contribution in [0, 0.1) is 11.3 Å². The van der Waals surface area contributed by atoms with Crippen LogP contribution in [0.3, 0.4) is 0 Å². The summed E-state index contributed by atoms with van der Waals surface area (Å²) >= 11 is 0. The van der Waals surface area contributed by atoms with Crippen LogP contribution in [0.4, 0.5) is 0 Å². The Kier molecular flexibility index (Phi) is 10.6. The summed E-state index contributed by atoms with van der Waals surface area (Å²) in [5, 5.41) is 9.64. The molecule has 3 N–H and O–H groups in total. The lowest BCUT2D eigenvalue weighted by Crippen LogP contribution is -2.33. The average molecular weight is 217 g/mol. The van der Waals surface area contributed by atoms with E-state index in [0.29, 0.717) is 11.3 Å². The van der Waals surface area contributed by atoms with E-state index in [-0.39, 0.29) is 6.10 Å². The molecule has 0 spiro atoms. The maximum Gasteiger partial charge on any atom is 0.0571 e. The molecule has 0 aromatic carbocycles. The molecule has 2 heteroatoms. The van der Waals surface area contributed by atoms with Crippen LogP contribution in [-0.2, 0) is 0 Å². The molecule has 0 aliphatic heterocycles. The minimum Gasteiger partial charge on any atom is -0.393 e. The molecule has 0 aromatic rings. The van der Waals surface area contributed by atoms with Crippen LogP contribution in [0.1, 0.15) is 60.3 Å². The smallest absolute Gasteiger partial charge is 0.0571 e. The Morgan fingerprint density at radius 2 is 1.80 bits per heavy atom. The topological polar surface area (TPSA) is 46.2 Å². The number of rotatable bonds is 1. The first-order valence-corrected chi connectivity index (χ1v) is 6.33. The second-order valence-corrected chi connectivity index (χ2v) is 4.45. The van der Waals surface area contributed by atoms with Crippen molar-refractivity contribution in [2.45, 2.75) is 66.4 Å². The van der Waals surface area contributed by atoms with Crippen LogP contribution in [0.5, 0.6) is 0 Å². The summed E-state index contributed by atoms with van der Waals surface area (Å²) in [5.41, 5.74) is 4.92. The van der Waals surface area contributed by atoms with Gasteiger partial charge < -0.3 is 10.8 Å². The summed E-state index contributed by atoms with van der Waals surface area (Å²) in [4.78, 5) is 0. The SMILES string of the molecule is CC.CCC1(C)CCC(C)C(O)C1.CN. The number of aliphatic hydroxyl groups excluding tert-OH is 1. The normalized spacial score (nSPS) is 34.4. The van der Waals surface area contributed by atoms with Crippen LogP contribution < -0.4 is 5.73 Å². The fraction of sp³-hybridized carbons (Fsp3) is 1.00. The zero-order chi connectivity index (χ0) is 12.5. The monoisotopic (exact) mass is 217 g/mol. The molecule has 15 heavy (non-hydrogen) atoms. The van der Waals surface area contributed by atoms with E-state index < -0.39 is 0 Å². The Bertz CT molecular complexity index is 138. The molecule has 0 saturated heterocycles. The summed E-state index contributed by atoms with van der Waals surface area (Å²) in [6.45, 7) is 10.7. The van der Waals surface area contributed by atoms with E-state index in [0.717, 1.165) is 6.42 Å². The molecule has 0 radical (unpaired) electrons. The van der Waals surface area contributed by atoms with Gasteiger partial charge in [0, 0.05) is 0 Å². The van der Waals surface area contributed by atoms with E-state index in [1.54, 1.807) is 0 Å². The second kappa shape index (κ2) is 9.17. The van der Waals surface area contributed by atoms with E-state index >= 15 is 0 Å². The Morgan fingerprint density at radius 3 is 2.13 bits per heavy atom. The van der Waals surface area contributed by atoms with Gasteiger partial charge in [-0.1, -0.05) is 41.0 Å². The molecule has 0 heterocycles. The summed E-state index contributed by atoms with van der Waals surface area (Å²) in [6, 6.07) is 0. The molecule has 3 unspecified atom stereocenters. The van der Waals surface area contributed by atoms with Crippen LogP contribution in [0.2, 0.25) is 0 Å². The van der Waals surface area contributed by atoms with Crippen LogP contribution in [-0.4, -0.2) is 18.3 Å². The van der Waals surface area contributed by atoms with Crippen molar-refractivity contribution in [2.75, 3.05) is 7.05 Å². The van der Waals surface area contributed by atoms with Gasteiger partial charge in [-0.2, -0.15) is 0 Å². The van der Waals surface area contributed by atoms with Gasteiger partial charge in [0.15, 0.2) is 0 Å². The largest absolute Gasteiger partial charge is 0.393 e.